The van der Waals surface area contributed by atoms with Crippen molar-refractivity contribution in [2.45, 2.75) is 0 Å². The van der Waals surface area contributed by atoms with Crippen LogP contribution in [0.25, 0.3) is 0 Å². The van der Waals surface area contributed by atoms with Crippen molar-refractivity contribution in [1.29, 1.82) is 0 Å². The standard InChI is InChI=1S/C4H3N3O6S/c5-14(11)2-7-13-4(10)3(9)12-6-1-8/h11H,5H2. The lowest BCUT2D eigenvalue weighted by Crippen LogP contribution is -2.15. The molecule has 0 spiro atoms. The van der Waals surface area contributed by atoms with Crippen LogP contribution in [0, 0.1) is 0 Å². The minimum Gasteiger partial charge on any atom is -0.317 e. The number of carbonyl (C=O) groups excluding carboxylic acids is 3. The molecular formula is C4H3N3O6S. The molecule has 0 aromatic heterocycles. The summed E-state index contributed by atoms with van der Waals surface area (Å²) < 4.78 is 8.37. The molecule has 0 bridgehead atoms. The van der Waals surface area contributed by atoms with Crippen molar-refractivity contribution in [3.63, 3.8) is 0 Å². The Labute approximate surface area is 79.0 Å². The molecule has 0 heterocycles. The molecule has 0 aromatic rings. The predicted octanol–water partition coefficient (Wildman–Crippen LogP) is -1.24. The Hall–Kier alpha value is -1.83. The third kappa shape index (κ3) is 5.77. The van der Waals surface area contributed by atoms with E-state index in [0.717, 1.165) is 6.08 Å². The number of hydrogen-bond acceptors (Lipinski definition) is 9. The Kier molecular flexibility index (Phi) is 5.79. The van der Waals surface area contributed by atoms with Gasteiger partial charge in [-0.3, -0.25) is 14.8 Å². The molecule has 3 N–H and O–H groups in total. The van der Waals surface area contributed by atoms with Crippen molar-refractivity contribution < 1.29 is 28.6 Å². The van der Waals surface area contributed by atoms with Crippen molar-refractivity contribution in [2.75, 3.05) is 0 Å². The molecule has 0 aliphatic carbocycles. The van der Waals surface area contributed by atoms with E-state index in [1.165, 1.54) is 0 Å². The summed E-state index contributed by atoms with van der Waals surface area (Å²) in [6.07, 6.45) is 0.847. The quantitative estimate of drug-likeness (QED) is 0.148. The average molecular weight is 221 g/mol. The zero-order chi connectivity index (χ0) is 11.0. The Balaban J connectivity index is 4.16. The van der Waals surface area contributed by atoms with E-state index in [1.807, 2.05) is 0 Å². The zero-order valence-electron chi connectivity index (χ0n) is 6.37. The van der Waals surface area contributed by atoms with Crippen LogP contribution in [0.4, 0.5) is 0 Å². The van der Waals surface area contributed by atoms with Crippen molar-refractivity contribution in [2.24, 2.45) is 15.5 Å². The van der Waals surface area contributed by atoms with Crippen molar-refractivity contribution in [3.05, 3.63) is 0 Å². The number of nitrogens with two attached hydrogens (primary N) is 1. The number of hydrogen-bond donors (Lipinski definition) is 2. The first-order valence-corrected chi connectivity index (χ1v) is 3.95. The summed E-state index contributed by atoms with van der Waals surface area (Å²) in [5, 5.41) is 11.5. The fraction of sp³-hybridized carbons (Fsp3) is 0. The van der Waals surface area contributed by atoms with Crippen molar-refractivity contribution in [3.8, 4) is 0 Å². The maximum Gasteiger partial charge on any atom is 0.446 e. The van der Waals surface area contributed by atoms with Gasteiger partial charge < -0.3 is 4.55 Å². The third-order valence-corrected chi connectivity index (χ3v) is 0.853. The Morgan fingerprint density at radius 3 is 2.21 bits per heavy atom. The van der Waals surface area contributed by atoms with Crippen molar-refractivity contribution in [1.82, 2.24) is 0 Å². The van der Waals surface area contributed by atoms with Crippen molar-refractivity contribution >= 4 is 34.1 Å². The van der Waals surface area contributed by atoms with E-state index in [0.29, 0.717) is 0 Å². The third-order valence-electron chi connectivity index (χ3n) is 0.592. The van der Waals surface area contributed by atoms with Crippen LogP contribution < -0.4 is 5.14 Å². The molecular weight excluding hydrogens is 218 g/mol. The molecule has 14 heavy (non-hydrogen) atoms. The molecule has 0 aliphatic rings. The van der Waals surface area contributed by atoms with Crippen LogP contribution >= 0.6 is 11.0 Å². The minimum atomic E-state index is -1.78. The van der Waals surface area contributed by atoms with E-state index < -0.39 is 22.9 Å². The fourth-order valence-corrected chi connectivity index (χ4v) is 0.347. The fourth-order valence-electron chi connectivity index (χ4n) is 0.233. The largest absolute Gasteiger partial charge is 0.446 e. The van der Waals surface area contributed by atoms with Gasteiger partial charge in [0, 0.05) is 5.16 Å². The van der Waals surface area contributed by atoms with Gasteiger partial charge in [0.15, 0.2) is 0 Å². The SMILES string of the molecule is NS(O)=C=NOC(=O)C(=O)ON=C=O. The van der Waals surface area contributed by atoms with Crippen LogP contribution in [0.2, 0.25) is 0 Å². The first-order chi connectivity index (χ1) is 6.57. The number of nitrogens with zero attached hydrogens (tertiary/aromatic N) is 2. The summed E-state index contributed by atoms with van der Waals surface area (Å²) >= 11 is 0. The van der Waals surface area contributed by atoms with Crippen LogP contribution in [0.15, 0.2) is 10.3 Å². The second-order valence-corrected chi connectivity index (χ2v) is 2.25. The molecule has 1 unspecified atom stereocenters. The molecule has 0 rings (SSSR count). The van der Waals surface area contributed by atoms with Crippen LogP contribution in [0.1, 0.15) is 0 Å². The first-order valence-electron chi connectivity index (χ1n) is 2.71. The van der Waals surface area contributed by atoms with E-state index in [4.69, 9.17) is 9.69 Å². The van der Waals surface area contributed by atoms with E-state index in [1.54, 1.807) is 5.16 Å². The van der Waals surface area contributed by atoms with Crippen LogP contribution in [-0.4, -0.2) is 27.7 Å². The molecule has 10 heteroatoms. The van der Waals surface area contributed by atoms with E-state index in [9.17, 15) is 14.4 Å². The van der Waals surface area contributed by atoms with Gasteiger partial charge in [-0.05, 0) is 5.16 Å². The average Bonchev–Trinajstić information content (AvgIpc) is 2.13. The molecule has 1 atom stereocenters. The summed E-state index contributed by atoms with van der Waals surface area (Å²) in [6, 6.07) is 0. The highest BCUT2D eigenvalue weighted by atomic mass is 32.2. The molecule has 0 amide bonds. The van der Waals surface area contributed by atoms with Gasteiger partial charge in [0.2, 0.25) is 0 Å². The molecule has 0 fully saturated rings. The number of carbonyl (C=O) groups is 2. The summed E-state index contributed by atoms with van der Waals surface area (Å²) in [6.45, 7) is 0. The summed E-state index contributed by atoms with van der Waals surface area (Å²) in [7, 11) is -1.78. The molecule has 0 aliphatic heterocycles. The zero-order valence-corrected chi connectivity index (χ0v) is 7.18. The molecule has 0 aromatic carbocycles. The highest BCUT2D eigenvalue weighted by Crippen LogP contribution is 1.87. The van der Waals surface area contributed by atoms with Crippen LogP contribution in [0.3, 0.4) is 0 Å². The molecule has 0 saturated carbocycles. The highest BCUT2D eigenvalue weighted by molar-refractivity contribution is 8.07. The van der Waals surface area contributed by atoms with Gasteiger partial charge in [0.05, 0.1) is 11.0 Å². The normalized spacial score (nSPS) is 10.1. The maximum absolute atomic E-state index is 10.5. The molecule has 76 valence electrons. The number of isocyanates is 1. The molecule has 9 nitrogen and oxygen atoms in total. The van der Waals surface area contributed by atoms with Gasteiger partial charge in [0.25, 0.3) is 6.08 Å². The minimum absolute atomic E-state index is 0.847. The van der Waals surface area contributed by atoms with Crippen LogP contribution in [0.5, 0.6) is 0 Å². The van der Waals surface area contributed by atoms with Gasteiger partial charge in [0.1, 0.15) is 5.16 Å². The highest BCUT2D eigenvalue weighted by Gasteiger charge is 2.18. The lowest BCUT2D eigenvalue weighted by atomic mass is 10.7. The van der Waals surface area contributed by atoms with Crippen LogP contribution in [-0.2, 0) is 24.1 Å². The van der Waals surface area contributed by atoms with Gasteiger partial charge in [-0.1, -0.05) is 0 Å². The molecule has 0 saturated heterocycles. The van der Waals surface area contributed by atoms with E-state index in [2.05, 4.69) is 20.0 Å². The second kappa shape index (κ2) is 6.66. The summed E-state index contributed by atoms with van der Waals surface area (Å²) in [5.41, 5.74) is 0. The van der Waals surface area contributed by atoms with Gasteiger partial charge in [-0.15, -0.1) is 0 Å². The molecule has 0 radical (unpaired) electrons. The van der Waals surface area contributed by atoms with Gasteiger partial charge >= 0.3 is 11.9 Å². The maximum atomic E-state index is 10.5. The number of isothiocyanates is 1. The van der Waals surface area contributed by atoms with E-state index >= 15 is 0 Å². The monoisotopic (exact) mass is 221 g/mol. The van der Waals surface area contributed by atoms with Gasteiger partial charge in [-0.2, -0.15) is 0 Å². The summed E-state index contributed by atoms with van der Waals surface area (Å²) in [5.74, 6) is -3.13. The van der Waals surface area contributed by atoms with Gasteiger partial charge in [-0.25, -0.2) is 14.4 Å². The lowest BCUT2D eigenvalue weighted by Gasteiger charge is -1.89. The predicted molar refractivity (Wildman–Crippen MR) is 42.1 cm³/mol. The van der Waals surface area contributed by atoms with E-state index in [-0.39, 0.29) is 0 Å². The smallest absolute Gasteiger partial charge is 0.317 e. The summed E-state index contributed by atoms with van der Waals surface area (Å²) in [4.78, 5) is 37.8. The second-order valence-electron chi connectivity index (χ2n) is 1.44. The first kappa shape index (κ1) is 12.2. The Morgan fingerprint density at radius 2 is 1.79 bits per heavy atom. The topological polar surface area (TPSA) is 141 Å². The Bertz CT molecular complexity index is 348. The Morgan fingerprint density at radius 1 is 1.29 bits per heavy atom. The lowest BCUT2D eigenvalue weighted by molar-refractivity contribution is -0.167. The number of rotatable bonds is 2.